The summed E-state index contributed by atoms with van der Waals surface area (Å²) in [5.41, 5.74) is -0.699. The minimum Gasteiger partial charge on any atom is -0.547 e. The lowest BCUT2D eigenvalue weighted by molar-refractivity contribution is -0.681. The van der Waals surface area contributed by atoms with Crippen LogP contribution in [0.3, 0.4) is 0 Å². The summed E-state index contributed by atoms with van der Waals surface area (Å²) < 4.78 is 23.9. The van der Waals surface area contributed by atoms with Gasteiger partial charge in [-0.1, -0.05) is 66.8 Å². The molecule has 0 aromatic heterocycles. The number of carbonyl (C=O) groups excluding carboxylic acids is 1. The van der Waals surface area contributed by atoms with Gasteiger partial charge in [0.25, 0.3) is 0 Å². The molecule has 4 aliphatic heterocycles. The molecule has 15 atom stereocenters. The Kier molecular flexibility index (Phi) is 16.1. The van der Waals surface area contributed by atoms with Crippen LogP contribution in [0.15, 0.2) is 28.8 Å². The fourth-order valence-corrected chi connectivity index (χ4v) is 13.6. The van der Waals surface area contributed by atoms with E-state index >= 15 is 0 Å². The number of aliphatic hydroxyl groups is 6. The zero-order chi connectivity index (χ0) is 40.8. The van der Waals surface area contributed by atoms with Crippen molar-refractivity contribution in [3.8, 4) is 0 Å². The molecule has 12 nitrogen and oxygen atoms in total. The number of aliphatic carboxylic acids is 1. The monoisotopic (exact) mass is 850 g/mol. The van der Waals surface area contributed by atoms with Gasteiger partial charge in [0.15, 0.2) is 30.8 Å². The molecule has 7 rings (SSSR count). The lowest BCUT2D eigenvalue weighted by Gasteiger charge is -2.50. The number of nitrogens with two attached hydrogens (primary N) is 1. The third-order valence-corrected chi connectivity index (χ3v) is 17.2. The molecular formula is C44H70N2O10S2+2. The van der Waals surface area contributed by atoms with Gasteiger partial charge in [0.2, 0.25) is 0 Å². The first-order valence-corrected chi connectivity index (χ1v) is 24.9. The second-order valence-electron chi connectivity index (χ2n) is 18.5. The third kappa shape index (κ3) is 10.4. The van der Waals surface area contributed by atoms with E-state index in [9.17, 15) is 30.3 Å². The highest BCUT2D eigenvalue weighted by Crippen LogP contribution is 2.44. The number of hydrogen-bond donors (Lipinski definition) is 5. The molecule has 3 aliphatic carbocycles. The van der Waals surface area contributed by atoms with Crippen LogP contribution in [-0.4, -0.2) is 123 Å². The molecule has 0 aromatic carbocycles. The van der Waals surface area contributed by atoms with Crippen molar-refractivity contribution in [2.75, 3.05) is 31.4 Å². The summed E-state index contributed by atoms with van der Waals surface area (Å²) in [6, 6.07) is 0. The van der Waals surface area contributed by atoms with Gasteiger partial charge < -0.3 is 54.6 Å². The number of carboxylic acids is 1. The van der Waals surface area contributed by atoms with Crippen LogP contribution >= 0.6 is 21.6 Å². The lowest BCUT2D eigenvalue weighted by atomic mass is 9.69. The molecule has 0 aromatic rings. The molecule has 7 N–H and O–H groups in total. The molecule has 6 fully saturated rings. The van der Waals surface area contributed by atoms with Gasteiger partial charge in [0.1, 0.15) is 42.9 Å². The molecule has 7 aliphatic rings. The fourth-order valence-electron chi connectivity index (χ4n) is 11.6. The number of nitrogens with zero attached hydrogens (tertiary/aromatic N) is 1. The average molecular weight is 851 g/mol. The van der Waals surface area contributed by atoms with E-state index in [0.29, 0.717) is 50.2 Å². The standard InChI is InChI=1S/C44H68N2O10S2/c1-3-27-8-4-5-9-28(27)10-6-7-26(2)34-21-46-24-44(52)41(54-25-58-57-23-36(34)30-17-18-45-20-30)39(49)40(42(50)51)56-43(44)55-32-15-16-33-37(19-32)53-22-35(38(33)48)29-11-13-31(47)14-12-29/h6,10,17-18,20,26-29,31-41,43,46-49,52H,3-5,7-9,11-16,19,21-25H2,1-2H3/p+2. The van der Waals surface area contributed by atoms with Crippen LogP contribution in [-0.2, 0) is 19.0 Å². The molecule has 4 heterocycles. The molecule has 3 saturated carbocycles. The zero-order valence-electron chi connectivity index (χ0n) is 34.5. The van der Waals surface area contributed by atoms with Gasteiger partial charge in [-0.25, -0.2) is 0 Å². The number of ether oxygens (including phenoxy) is 4. The predicted octanol–water partition coefficient (Wildman–Crippen LogP) is 2.68. The molecular weight excluding hydrogens is 781 g/mol. The molecule has 15 unspecified atom stereocenters. The summed E-state index contributed by atoms with van der Waals surface area (Å²) in [6.45, 7) is 7.78. The number of hydrogen-bond acceptors (Lipinski definition) is 12. The van der Waals surface area contributed by atoms with Crippen LogP contribution in [0.4, 0.5) is 0 Å². The Balaban J connectivity index is 1.06. The summed E-state index contributed by atoms with van der Waals surface area (Å²) in [5, 5.41) is 60.2. The largest absolute Gasteiger partial charge is 0.547 e. The van der Waals surface area contributed by atoms with Gasteiger partial charge in [-0.05, 0) is 81.5 Å². The van der Waals surface area contributed by atoms with Crippen molar-refractivity contribution >= 4 is 33.8 Å². The minimum atomic E-state index is -1.90. The highest BCUT2D eigenvalue weighted by molar-refractivity contribution is 8.76. The summed E-state index contributed by atoms with van der Waals surface area (Å²) in [6.07, 6.45) is 14.0. The maximum Gasteiger partial charge on any atom is 0.195 e. The van der Waals surface area contributed by atoms with Crippen molar-refractivity contribution in [2.24, 2.45) is 52.3 Å². The van der Waals surface area contributed by atoms with Gasteiger partial charge in [0, 0.05) is 18.1 Å². The zero-order valence-corrected chi connectivity index (χ0v) is 36.1. The molecule has 326 valence electrons. The van der Waals surface area contributed by atoms with Gasteiger partial charge in [-0.2, -0.15) is 0 Å². The Morgan fingerprint density at radius 3 is 2.69 bits per heavy atom. The predicted molar refractivity (Wildman–Crippen MR) is 223 cm³/mol. The topological polar surface area (TPSA) is 191 Å². The Morgan fingerprint density at radius 2 is 1.93 bits per heavy atom. The third-order valence-electron chi connectivity index (χ3n) is 15.1. The van der Waals surface area contributed by atoms with E-state index < -0.39 is 48.4 Å². The molecule has 0 bridgehead atoms. The van der Waals surface area contributed by atoms with Crippen molar-refractivity contribution in [3.05, 3.63) is 30.3 Å². The highest BCUT2D eigenvalue weighted by Gasteiger charge is 2.60. The van der Waals surface area contributed by atoms with E-state index in [1.807, 2.05) is 12.8 Å². The van der Waals surface area contributed by atoms with Crippen molar-refractivity contribution in [3.63, 3.8) is 0 Å². The summed E-state index contributed by atoms with van der Waals surface area (Å²) in [5.74, 6) is 1.94. The van der Waals surface area contributed by atoms with Gasteiger partial charge in [-0.3, -0.25) is 0 Å². The van der Waals surface area contributed by atoms with Gasteiger partial charge in [-0.15, -0.1) is 4.99 Å². The molecule has 0 spiro atoms. The van der Waals surface area contributed by atoms with Crippen LogP contribution in [0.5, 0.6) is 0 Å². The summed E-state index contributed by atoms with van der Waals surface area (Å²) in [7, 11) is 3.16. The Labute approximate surface area is 353 Å². The van der Waals surface area contributed by atoms with Crippen molar-refractivity contribution in [1.82, 2.24) is 0 Å². The summed E-state index contributed by atoms with van der Waals surface area (Å²) in [4.78, 5) is 16.8. The molecule has 0 radical (unpaired) electrons. The van der Waals surface area contributed by atoms with Crippen LogP contribution in [0, 0.1) is 53.9 Å². The highest BCUT2D eigenvalue weighted by atomic mass is 33.1. The Bertz CT molecular complexity index is 1430. The Morgan fingerprint density at radius 1 is 1.12 bits per heavy atom. The number of aliphatic hydroxyl groups excluding tert-OH is 3. The second kappa shape index (κ2) is 20.8. The Hall–Kier alpha value is -1.17. The lowest BCUT2D eigenvalue weighted by Crippen LogP contribution is -2.93. The van der Waals surface area contributed by atoms with Crippen molar-refractivity contribution in [2.45, 2.75) is 152 Å². The maximum atomic E-state index is 12.7. The number of allylic oxidation sites excluding steroid dienone is 3. The maximum absolute atomic E-state index is 12.7. The van der Waals surface area contributed by atoms with Crippen molar-refractivity contribution < 1.29 is 54.6 Å². The molecule has 14 heteroatoms. The van der Waals surface area contributed by atoms with Crippen molar-refractivity contribution in [1.29, 1.82) is 0 Å². The molecule has 3 saturated heterocycles. The van der Waals surface area contributed by atoms with E-state index in [0.717, 1.165) is 43.8 Å². The van der Waals surface area contributed by atoms with E-state index in [-0.39, 0.29) is 48.4 Å². The second-order valence-corrected chi connectivity index (χ2v) is 21.0. The number of carboxylic acid groups (broad SMARTS) is 1. The van der Waals surface area contributed by atoms with Crippen LogP contribution in [0.25, 0.3) is 0 Å². The number of quaternary nitrogens is 1. The smallest absolute Gasteiger partial charge is 0.195 e. The fraction of sp³-hybridized carbons (Fsp3) is 0.841. The summed E-state index contributed by atoms with van der Waals surface area (Å²) >= 11 is 0. The van der Waals surface area contributed by atoms with Crippen LogP contribution < -0.4 is 10.4 Å². The first-order chi connectivity index (χ1) is 28.1. The SMILES string of the molecule is CCC1CCCCC1C=CCC(C)C1C[NH2+]CC2(O)C(OC3CCC4C(C3)[OH+]CC(C3CCC(O)CC3)C4O)OC(C(=O)[O-])C(O)C2OCSSCC1C1=C[CH+]N=C1. The van der Waals surface area contributed by atoms with E-state index in [2.05, 4.69) is 42.4 Å². The number of rotatable bonds is 10. The number of carbonyl (C=O) groups is 1. The van der Waals surface area contributed by atoms with Gasteiger partial charge >= 0.3 is 0 Å². The number of fused-ring (bicyclic) bond motifs is 2. The molecule has 58 heavy (non-hydrogen) atoms. The quantitative estimate of drug-likeness (QED) is 0.0941. The van der Waals surface area contributed by atoms with E-state index in [1.54, 1.807) is 10.8 Å². The first kappa shape index (κ1) is 44.9. The molecule has 0 amide bonds. The number of aliphatic imine (C=N–C) groups is 1. The van der Waals surface area contributed by atoms with E-state index in [1.165, 1.54) is 48.5 Å². The van der Waals surface area contributed by atoms with E-state index in [4.69, 9.17) is 18.9 Å². The normalized spacial score (nSPS) is 44.9. The van der Waals surface area contributed by atoms with Crippen LogP contribution in [0.2, 0.25) is 0 Å². The van der Waals surface area contributed by atoms with Gasteiger partial charge in [0.05, 0.1) is 54.7 Å². The minimum absolute atomic E-state index is 0.00559. The van der Waals surface area contributed by atoms with Crippen LogP contribution in [0.1, 0.15) is 97.3 Å². The average Bonchev–Trinajstić information content (AvgIpc) is 3.75. The first-order valence-electron chi connectivity index (χ1n) is 22.4.